The Kier molecular flexibility index (Phi) is 8.40. The fraction of sp³-hybridized carbons (Fsp3) is 0.667. The molecular weight excluding hydrogens is 260 g/mol. The highest BCUT2D eigenvalue weighted by molar-refractivity contribution is 5.36. The van der Waals surface area contributed by atoms with E-state index < -0.39 is 0 Å². The first kappa shape index (κ1) is 18.0. The van der Waals surface area contributed by atoms with Gasteiger partial charge in [-0.3, -0.25) is 0 Å². The number of likely N-dealkylation sites (N-methyl/N-ethyl adjacent to an activating group) is 2. The molecule has 3 nitrogen and oxygen atoms in total. The number of ether oxygens (including phenoxy) is 1. The van der Waals surface area contributed by atoms with E-state index in [0.717, 1.165) is 31.3 Å². The highest BCUT2D eigenvalue weighted by Crippen LogP contribution is 2.26. The highest BCUT2D eigenvalue weighted by Gasteiger charge is 2.17. The van der Waals surface area contributed by atoms with Gasteiger partial charge in [-0.15, -0.1) is 0 Å². The Balaban J connectivity index is 2.81. The zero-order chi connectivity index (χ0) is 15.7. The molecular formula is C18H32N2O. The van der Waals surface area contributed by atoms with Crippen molar-refractivity contribution in [2.75, 3.05) is 33.3 Å². The lowest BCUT2D eigenvalue weighted by atomic mass is 10.0. The summed E-state index contributed by atoms with van der Waals surface area (Å²) in [5.74, 6) is 1.74. The van der Waals surface area contributed by atoms with Gasteiger partial charge in [0.25, 0.3) is 0 Å². The minimum atomic E-state index is 0.312. The standard InChI is InChI=1S/C18H32N2O/c1-6-15(4)13-20(5)14-17(19-7-2)16-11-9-10-12-18(16)21-8-3/h9-12,15,17,19H,6-8,13-14H2,1-5H3. The maximum Gasteiger partial charge on any atom is 0.124 e. The van der Waals surface area contributed by atoms with Gasteiger partial charge < -0.3 is 15.0 Å². The van der Waals surface area contributed by atoms with E-state index in [1.807, 2.05) is 13.0 Å². The Hall–Kier alpha value is -1.06. The molecule has 120 valence electrons. The van der Waals surface area contributed by atoms with Gasteiger partial charge in [0, 0.05) is 24.7 Å². The van der Waals surface area contributed by atoms with Crippen LogP contribution in [0, 0.1) is 5.92 Å². The summed E-state index contributed by atoms with van der Waals surface area (Å²) in [5, 5.41) is 3.60. The van der Waals surface area contributed by atoms with E-state index >= 15 is 0 Å². The summed E-state index contributed by atoms with van der Waals surface area (Å²) in [6, 6.07) is 8.69. The molecule has 21 heavy (non-hydrogen) atoms. The maximum atomic E-state index is 5.79. The monoisotopic (exact) mass is 292 g/mol. The molecule has 0 bridgehead atoms. The first-order chi connectivity index (χ1) is 10.1. The van der Waals surface area contributed by atoms with Crippen molar-refractivity contribution in [1.29, 1.82) is 0 Å². The number of hydrogen-bond donors (Lipinski definition) is 1. The molecule has 1 aromatic rings. The molecule has 0 saturated carbocycles. The topological polar surface area (TPSA) is 24.5 Å². The number of nitrogens with zero attached hydrogens (tertiary/aromatic N) is 1. The van der Waals surface area contributed by atoms with E-state index in [1.165, 1.54) is 12.0 Å². The Labute approximate surface area is 130 Å². The van der Waals surface area contributed by atoms with Gasteiger partial charge in [-0.2, -0.15) is 0 Å². The molecule has 0 aliphatic rings. The quantitative estimate of drug-likeness (QED) is 0.711. The number of benzene rings is 1. The van der Waals surface area contributed by atoms with Gasteiger partial charge >= 0.3 is 0 Å². The van der Waals surface area contributed by atoms with Crippen molar-refractivity contribution in [3.63, 3.8) is 0 Å². The van der Waals surface area contributed by atoms with Crippen LogP contribution < -0.4 is 10.1 Å². The first-order valence-corrected chi connectivity index (χ1v) is 8.25. The maximum absolute atomic E-state index is 5.79. The van der Waals surface area contributed by atoms with Crippen molar-refractivity contribution in [2.45, 2.75) is 40.2 Å². The normalized spacial score (nSPS) is 14.2. The smallest absolute Gasteiger partial charge is 0.124 e. The lowest BCUT2D eigenvalue weighted by Crippen LogP contribution is -2.35. The summed E-state index contributed by atoms with van der Waals surface area (Å²) in [5.41, 5.74) is 1.26. The van der Waals surface area contributed by atoms with Gasteiger partial charge in [0.05, 0.1) is 6.61 Å². The summed E-state index contributed by atoms with van der Waals surface area (Å²) in [7, 11) is 2.21. The lowest BCUT2D eigenvalue weighted by molar-refractivity contribution is 0.249. The number of hydrogen-bond acceptors (Lipinski definition) is 3. The van der Waals surface area contributed by atoms with E-state index in [1.54, 1.807) is 0 Å². The van der Waals surface area contributed by atoms with Crippen LogP contribution in [0.5, 0.6) is 5.75 Å². The largest absolute Gasteiger partial charge is 0.494 e. The zero-order valence-corrected chi connectivity index (χ0v) is 14.4. The van der Waals surface area contributed by atoms with Gasteiger partial charge in [0.15, 0.2) is 0 Å². The molecule has 0 fully saturated rings. The van der Waals surface area contributed by atoms with Crippen molar-refractivity contribution in [3.05, 3.63) is 29.8 Å². The van der Waals surface area contributed by atoms with Crippen molar-refractivity contribution < 1.29 is 4.74 Å². The van der Waals surface area contributed by atoms with Crippen LogP contribution in [-0.2, 0) is 0 Å². The van der Waals surface area contributed by atoms with Crippen LogP contribution in [0.25, 0.3) is 0 Å². The molecule has 1 aromatic carbocycles. The molecule has 2 atom stereocenters. The van der Waals surface area contributed by atoms with E-state index in [0.29, 0.717) is 12.6 Å². The molecule has 2 unspecified atom stereocenters. The highest BCUT2D eigenvalue weighted by atomic mass is 16.5. The Bertz CT molecular complexity index is 395. The molecule has 0 aliphatic carbocycles. The van der Waals surface area contributed by atoms with Crippen LogP contribution in [0.2, 0.25) is 0 Å². The Morgan fingerprint density at radius 1 is 1.14 bits per heavy atom. The van der Waals surface area contributed by atoms with Gasteiger partial charge in [-0.1, -0.05) is 45.4 Å². The molecule has 0 heterocycles. The van der Waals surface area contributed by atoms with Crippen molar-refractivity contribution in [3.8, 4) is 5.75 Å². The second-order valence-electron chi connectivity index (χ2n) is 5.82. The van der Waals surface area contributed by atoms with Crippen LogP contribution >= 0.6 is 0 Å². The third-order valence-corrected chi connectivity index (χ3v) is 3.86. The van der Waals surface area contributed by atoms with Crippen LogP contribution in [0.1, 0.15) is 45.7 Å². The molecule has 0 aromatic heterocycles. The van der Waals surface area contributed by atoms with Crippen LogP contribution in [0.3, 0.4) is 0 Å². The second-order valence-corrected chi connectivity index (χ2v) is 5.82. The molecule has 0 aliphatic heterocycles. The summed E-state index contributed by atoms with van der Waals surface area (Å²) < 4.78 is 5.79. The number of nitrogens with one attached hydrogen (secondary N) is 1. The number of rotatable bonds is 10. The van der Waals surface area contributed by atoms with Gasteiger partial charge in [-0.25, -0.2) is 0 Å². The predicted molar refractivity (Wildman–Crippen MR) is 91.0 cm³/mol. The van der Waals surface area contributed by atoms with E-state index in [9.17, 15) is 0 Å². The summed E-state index contributed by atoms with van der Waals surface area (Å²) in [6.45, 7) is 12.6. The second kappa shape index (κ2) is 9.80. The first-order valence-electron chi connectivity index (χ1n) is 8.25. The van der Waals surface area contributed by atoms with Gasteiger partial charge in [0.2, 0.25) is 0 Å². The fourth-order valence-electron chi connectivity index (χ4n) is 2.62. The molecule has 0 saturated heterocycles. The van der Waals surface area contributed by atoms with E-state index in [4.69, 9.17) is 4.74 Å². The lowest BCUT2D eigenvalue weighted by Gasteiger charge is -2.28. The average Bonchev–Trinajstić information content (AvgIpc) is 2.47. The van der Waals surface area contributed by atoms with Crippen molar-refractivity contribution >= 4 is 0 Å². The summed E-state index contributed by atoms with van der Waals surface area (Å²) >= 11 is 0. The minimum Gasteiger partial charge on any atom is -0.494 e. The number of para-hydroxylation sites is 1. The molecule has 0 amide bonds. The van der Waals surface area contributed by atoms with Crippen LogP contribution in [-0.4, -0.2) is 38.2 Å². The predicted octanol–water partition coefficient (Wildman–Crippen LogP) is 3.71. The van der Waals surface area contributed by atoms with Crippen molar-refractivity contribution in [2.24, 2.45) is 5.92 Å². The van der Waals surface area contributed by atoms with Gasteiger partial charge in [-0.05, 0) is 32.5 Å². The Morgan fingerprint density at radius 2 is 1.86 bits per heavy atom. The summed E-state index contributed by atoms with van der Waals surface area (Å²) in [6.07, 6.45) is 1.23. The molecule has 1 rings (SSSR count). The SMILES string of the molecule is CCNC(CN(C)CC(C)CC)c1ccccc1OCC. The summed E-state index contributed by atoms with van der Waals surface area (Å²) in [4.78, 5) is 2.42. The third-order valence-electron chi connectivity index (χ3n) is 3.86. The molecule has 3 heteroatoms. The Morgan fingerprint density at radius 3 is 2.48 bits per heavy atom. The van der Waals surface area contributed by atoms with Crippen LogP contribution in [0.4, 0.5) is 0 Å². The van der Waals surface area contributed by atoms with Crippen molar-refractivity contribution in [1.82, 2.24) is 10.2 Å². The van der Waals surface area contributed by atoms with E-state index in [2.05, 4.69) is 56.2 Å². The molecule has 0 spiro atoms. The average molecular weight is 292 g/mol. The molecule has 1 N–H and O–H groups in total. The third kappa shape index (κ3) is 6.06. The minimum absolute atomic E-state index is 0.312. The molecule has 0 radical (unpaired) electrons. The fourth-order valence-corrected chi connectivity index (χ4v) is 2.62. The van der Waals surface area contributed by atoms with E-state index in [-0.39, 0.29) is 0 Å². The van der Waals surface area contributed by atoms with Gasteiger partial charge in [0.1, 0.15) is 5.75 Å². The zero-order valence-electron chi connectivity index (χ0n) is 14.4. The van der Waals surface area contributed by atoms with Crippen LogP contribution in [0.15, 0.2) is 24.3 Å².